The zero-order valence-electron chi connectivity index (χ0n) is 18.8. The fourth-order valence-corrected chi connectivity index (χ4v) is 3.26. The normalized spacial score (nSPS) is 11.0. The maximum Gasteiger partial charge on any atom is 0.407 e. The Bertz CT molecular complexity index is 1170. The molecular formula is C26H26N2O5. The van der Waals surface area contributed by atoms with Crippen molar-refractivity contribution in [1.29, 1.82) is 0 Å². The smallest absolute Gasteiger partial charge is 0.407 e. The molecule has 0 fully saturated rings. The summed E-state index contributed by atoms with van der Waals surface area (Å²) in [6.45, 7) is 5.48. The Balaban J connectivity index is 1.93. The van der Waals surface area contributed by atoms with Crippen molar-refractivity contribution in [2.75, 3.05) is 0 Å². The summed E-state index contributed by atoms with van der Waals surface area (Å²) in [7, 11) is 0. The number of nitrogens with one attached hydrogen (secondary N) is 1. The molecule has 2 aromatic carbocycles. The number of rotatable bonds is 7. The highest BCUT2D eigenvalue weighted by Gasteiger charge is 2.18. The number of benzene rings is 2. The van der Waals surface area contributed by atoms with Gasteiger partial charge in [0.2, 0.25) is 0 Å². The van der Waals surface area contributed by atoms with E-state index < -0.39 is 17.7 Å². The minimum Gasteiger partial charge on any atom is -0.478 e. The van der Waals surface area contributed by atoms with Gasteiger partial charge in [0.25, 0.3) is 0 Å². The van der Waals surface area contributed by atoms with E-state index in [0.717, 1.165) is 11.1 Å². The number of amides is 1. The van der Waals surface area contributed by atoms with E-state index in [1.165, 1.54) is 6.07 Å². The summed E-state index contributed by atoms with van der Waals surface area (Å²) in [5.74, 6) is -1.13. The largest absolute Gasteiger partial charge is 0.478 e. The van der Waals surface area contributed by atoms with E-state index in [1.807, 2.05) is 0 Å². The number of carboxylic acid groups (broad SMARTS) is 1. The molecular weight excluding hydrogens is 420 g/mol. The standard InChI is InChI=1S/C26H26N2O5/c1-26(2,3)33-25(32)28-16-21-8-7-19(23(29)13-17-9-11-27-12-10-17)15-22(21)18-5-4-6-20(14-18)24(30)31/h4-12,14-15H,13,16H2,1-3H3,(H,28,32)(H,30,31). The molecule has 0 unspecified atom stereocenters. The van der Waals surface area contributed by atoms with E-state index in [-0.39, 0.29) is 24.3 Å². The molecule has 1 aromatic heterocycles. The number of ether oxygens (including phenoxy) is 1. The van der Waals surface area contributed by atoms with Crippen LogP contribution < -0.4 is 5.32 Å². The Kier molecular flexibility index (Phi) is 7.23. The van der Waals surface area contributed by atoms with Crippen molar-refractivity contribution in [3.05, 3.63) is 89.2 Å². The summed E-state index contributed by atoms with van der Waals surface area (Å²) in [6.07, 6.45) is 2.92. The molecule has 0 aliphatic heterocycles. The lowest BCUT2D eigenvalue weighted by Gasteiger charge is -2.20. The molecule has 170 valence electrons. The zero-order valence-corrected chi connectivity index (χ0v) is 18.8. The van der Waals surface area contributed by atoms with Gasteiger partial charge in [0.15, 0.2) is 5.78 Å². The van der Waals surface area contributed by atoms with Gasteiger partial charge in [-0.05, 0) is 73.4 Å². The van der Waals surface area contributed by atoms with Gasteiger partial charge in [-0.3, -0.25) is 9.78 Å². The van der Waals surface area contributed by atoms with Crippen molar-refractivity contribution in [1.82, 2.24) is 10.3 Å². The summed E-state index contributed by atoms with van der Waals surface area (Å²) in [5, 5.41) is 12.1. The van der Waals surface area contributed by atoms with Crippen LogP contribution in [-0.2, 0) is 17.7 Å². The third kappa shape index (κ3) is 6.74. The number of pyridine rings is 1. The molecule has 0 spiro atoms. The molecule has 0 bridgehead atoms. The summed E-state index contributed by atoms with van der Waals surface area (Å²) in [4.78, 5) is 40.5. The van der Waals surface area contributed by atoms with Crippen molar-refractivity contribution < 1.29 is 24.2 Å². The molecule has 0 radical (unpaired) electrons. The Morgan fingerprint density at radius 3 is 2.36 bits per heavy atom. The Labute approximate surface area is 192 Å². The van der Waals surface area contributed by atoms with E-state index in [9.17, 15) is 19.5 Å². The first-order valence-electron chi connectivity index (χ1n) is 10.5. The molecule has 2 N–H and O–H groups in total. The monoisotopic (exact) mass is 446 g/mol. The van der Waals surface area contributed by atoms with E-state index in [0.29, 0.717) is 16.7 Å². The number of Topliss-reactive ketones (excluding diaryl/α,β-unsaturated/α-hetero) is 1. The molecule has 3 aromatic rings. The van der Waals surface area contributed by atoms with E-state index in [1.54, 1.807) is 81.7 Å². The molecule has 7 nitrogen and oxygen atoms in total. The van der Waals surface area contributed by atoms with Crippen LogP contribution in [-0.4, -0.2) is 33.5 Å². The molecule has 0 aliphatic carbocycles. The molecule has 0 aliphatic rings. The van der Waals surface area contributed by atoms with Gasteiger partial charge in [-0.25, -0.2) is 9.59 Å². The molecule has 33 heavy (non-hydrogen) atoms. The first kappa shape index (κ1) is 23.7. The maximum absolute atomic E-state index is 12.9. The van der Waals surface area contributed by atoms with Crippen LogP contribution in [0.1, 0.15) is 52.6 Å². The number of carboxylic acids is 1. The second-order valence-electron chi connectivity index (χ2n) is 8.57. The number of nitrogens with zero attached hydrogens (tertiary/aromatic N) is 1. The van der Waals surface area contributed by atoms with Crippen molar-refractivity contribution >= 4 is 17.8 Å². The maximum atomic E-state index is 12.9. The van der Waals surface area contributed by atoms with Gasteiger partial charge >= 0.3 is 12.1 Å². The van der Waals surface area contributed by atoms with Crippen LogP contribution in [0.2, 0.25) is 0 Å². The number of aromatic nitrogens is 1. The van der Waals surface area contributed by atoms with Crippen LogP contribution in [0.15, 0.2) is 67.0 Å². The van der Waals surface area contributed by atoms with E-state index in [2.05, 4.69) is 10.3 Å². The van der Waals surface area contributed by atoms with E-state index >= 15 is 0 Å². The number of hydrogen-bond acceptors (Lipinski definition) is 5. The third-order valence-corrected chi connectivity index (χ3v) is 4.79. The number of ketones is 1. The van der Waals surface area contributed by atoms with Crippen LogP contribution in [0, 0.1) is 0 Å². The Morgan fingerprint density at radius 2 is 1.70 bits per heavy atom. The topological polar surface area (TPSA) is 106 Å². The van der Waals surface area contributed by atoms with E-state index in [4.69, 9.17) is 4.74 Å². The minimum atomic E-state index is -1.05. The molecule has 1 amide bonds. The fourth-order valence-electron chi connectivity index (χ4n) is 3.26. The van der Waals surface area contributed by atoms with Crippen LogP contribution in [0.3, 0.4) is 0 Å². The average Bonchev–Trinajstić information content (AvgIpc) is 2.77. The van der Waals surface area contributed by atoms with Gasteiger partial charge in [0, 0.05) is 30.9 Å². The van der Waals surface area contributed by atoms with Crippen LogP contribution in [0.4, 0.5) is 4.79 Å². The lowest BCUT2D eigenvalue weighted by Crippen LogP contribution is -2.32. The van der Waals surface area contributed by atoms with Gasteiger partial charge in [-0.15, -0.1) is 0 Å². The number of carbonyl (C=O) groups is 3. The highest BCUT2D eigenvalue weighted by molar-refractivity contribution is 5.99. The fraction of sp³-hybridized carbons (Fsp3) is 0.231. The number of alkyl carbamates (subject to hydrolysis) is 1. The highest BCUT2D eigenvalue weighted by Crippen LogP contribution is 2.27. The lowest BCUT2D eigenvalue weighted by atomic mass is 9.93. The third-order valence-electron chi connectivity index (χ3n) is 4.79. The Morgan fingerprint density at radius 1 is 0.970 bits per heavy atom. The van der Waals surface area contributed by atoms with Crippen molar-refractivity contribution in [3.63, 3.8) is 0 Å². The molecule has 3 rings (SSSR count). The first-order valence-corrected chi connectivity index (χ1v) is 10.5. The van der Waals surface area contributed by atoms with Gasteiger partial charge in [0.1, 0.15) is 5.60 Å². The summed E-state index contributed by atoms with van der Waals surface area (Å²) in [6, 6.07) is 15.2. The second kappa shape index (κ2) is 10.1. The molecule has 0 saturated heterocycles. The van der Waals surface area contributed by atoms with Gasteiger partial charge in [-0.2, -0.15) is 0 Å². The van der Waals surface area contributed by atoms with Crippen LogP contribution in [0.25, 0.3) is 11.1 Å². The predicted molar refractivity (Wildman–Crippen MR) is 124 cm³/mol. The molecule has 0 saturated carbocycles. The van der Waals surface area contributed by atoms with Gasteiger partial charge < -0.3 is 15.2 Å². The average molecular weight is 447 g/mol. The predicted octanol–water partition coefficient (Wildman–Crippen LogP) is 4.90. The van der Waals surface area contributed by atoms with Crippen LogP contribution >= 0.6 is 0 Å². The molecule has 7 heteroatoms. The van der Waals surface area contributed by atoms with Gasteiger partial charge in [-0.1, -0.05) is 24.3 Å². The SMILES string of the molecule is CC(C)(C)OC(=O)NCc1ccc(C(=O)Cc2ccncc2)cc1-c1cccc(C(=O)O)c1. The number of aromatic carboxylic acids is 1. The Hall–Kier alpha value is -4.00. The molecule has 0 atom stereocenters. The van der Waals surface area contributed by atoms with Gasteiger partial charge in [0.05, 0.1) is 5.56 Å². The minimum absolute atomic E-state index is 0.0801. The first-order chi connectivity index (χ1) is 15.6. The van der Waals surface area contributed by atoms with Crippen molar-refractivity contribution in [3.8, 4) is 11.1 Å². The lowest BCUT2D eigenvalue weighted by molar-refractivity contribution is 0.0523. The molecule has 1 heterocycles. The number of hydrogen-bond donors (Lipinski definition) is 2. The van der Waals surface area contributed by atoms with Crippen LogP contribution in [0.5, 0.6) is 0 Å². The quantitative estimate of drug-likeness (QED) is 0.500. The zero-order chi connectivity index (χ0) is 24.0. The van der Waals surface area contributed by atoms with Crippen molar-refractivity contribution in [2.24, 2.45) is 0 Å². The summed E-state index contributed by atoms with van der Waals surface area (Å²) in [5.41, 5.74) is 2.86. The highest BCUT2D eigenvalue weighted by atomic mass is 16.6. The second-order valence-corrected chi connectivity index (χ2v) is 8.57. The summed E-state index contributed by atoms with van der Waals surface area (Å²) < 4.78 is 5.30. The summed E-state index contributed by atoms with van der Waals surface area (Å²) >= 11 is 0. The number of carbonyl (C=O) groups excluding carboxylic acids is 2. The van der Waals surface area contributed by atoms with Crippen molar-refractivity contribution in [2.45, 2.75) is 39.3 Å².